The summed E-state index contributed by atoms with van der Waals surface area (Å²) >= 11 is 0. The molecule has 2 aromatic rings. The molecule has 1 unspecified atom stereocenters. The van der Waals surface area contributed by atoms with Gasteiger partial charge in [0.1, 0.15) is 18.1 Å². The van der Waals surface area contributed by atoms with Crippen molar-refractivity contribution in [3.05, 3.63) is 59.7 Å². The Balaban J connectivity index is 1.27. The van der Waals surface area contributed by atoms with E-state index in [1.54, 1.807) is 7.11 Å². The van der Waals surface area contributed by atoms with Crippen molar-refractivity contribution < 1.29 is 14.3 Å². The highest BCUT2D eigenvalue weighted by molar-refractivity contribution is 5.80. The predicted octanol–water partition coefficient (Wildman–Crippen LogP) is 3.03. The minimum absolute atomic E-state index is 0.106. The summed E-state index contributed by atoms with van der Waals surface area (Å²) in [6.45, 7) is 3.46. The fourth-order valence-electron chi connectivity index (χ4n) is 4.06. The van der Waals surface area contributed by atoms with E-state index < -0.39 is 0 Å². The zero-order chi connectivity index (χ0) is 19.3. The zero-order valence-electron chi connectivity index (χ0n) is 16.4. The molecule has 2 aromatic carbocycles. The first-order valence-electron chi connectivity index (χ1n) is 10.1. The highest BCUT2D eigenvalue weighted by Crippen LogP contribution is 2.31. The summed E-state index contributed by atoms with van der Waals surface area (Å²) in [6, 6.07) is 16.6. The van der Waals surface area contributed by atoms with Gasteiger partial charge in [0, 0.05) is 25.7 Å². The van der Waals surface area contributed by atoms with Gasteiger partial charge in [-0.05, 0) is 48.6 Å². The lowest BCUT2D eigenvalue weighted by Crippen LogP contribution is -2.47. The van der Waals surface area contributed by atoms with Gasteiger partial charge in [-0.1, -0.05) is 30.3 Å². The molecule has 1 atom stereocenters. The molecule has 5 heteroatoms. The van der Waals surface area contributed by atoms with E-state index in [2.05, 4.69) is 40.5 Å². The van der Waals surface area contributed by atoms with E-state index in [9.17, 15) is 4.79 Å². The van der Waals surface area contributed by atoms with Crippen molar-refractivity contribution in [2.75, 3.05) is 26.8 Å². The number of likely N-dealkylation sites (tertiary alicyclic amines) is 1. The largest absolute Gasteiger partial charge is 0.497 e. The molecule has 28 heavy (non-hydrogen) atoms. The Morgan fingerprint density at radius 2 is 1.96 bits per heavy atom. The van der Waals surface area contributed by atoms with Crippen LogP contribution in [0.5, 0.6) is 11.5 Å². The van der Waals surface area contributed by atoms with Crippen LogP contribution in [0, 0.1) is 5.92 Å². The number of hydrogen-bond acceptors (Lipinski definition) is 4. The Morgan fingerprint density at radius 1 is 1.18 bits per heavy atom. The number of amides is 1. The number of ether oxygens (including phenoxy) is 2. The number of fused-ring (bicyclic) bond motifs is 1. The van der Waals surface area contributed by atoms with Crippen molar-refractivity contribution in [3.8, 4) is 11.5 Å². The average molecular weight is 380 g/mol. The summed E-state index contributed by atoms with van der Waals surface area (Å²) in [5.41, 5.74) is 2.39. The Bertz CT molecular complexity index is 801. The number of piperidine rings is 1. The van der Waals surface area contributed by atoms with Gasteiger partial charge in [0.05, 0.1) is 13.0 Å². The van der Waals surface area contributed by atoms with Crippen molar-refractivity contribution in [1.29, 1.82) is 0 Å². The summed E-state index contributed by atoms with van der Waals surface area (Å²) in [6.07, 6.45) is 2.69. The van der Waals surface area contributed by atoms with Crippen molar-refractivity contribution in [1.82, 2.24) is 10.2 Å². The Labute approximate surface area is 166 Å². The van der Waals surface area contributed by atoms with E-state index in [0.29, 0.717) is 13.0 Å². The average Bonchev–Trinajstić information content (AvgIpc) is 2.75. The van der Waals surface area contributed by atoms with E-state index in [0.717, 1.165) is 49.5 Å². The first-order valence-corrected chi connectivity index (χ1v) is 10.1. The molecule has 1 saturated heterocycles. The second-order valence-electron chi connectivity index (χ2n) is 7.73. The smallest absolute Gasteiger partial charge is 0.227 e. The van der Waals surface area contributed by atoms with Crippen molar-refractivity contribution in [2.45, 2.75) is 31.8 Å². The van der Waals surface area contributed by atoms with E-state index in [-0.39, 0.29) is 17.9 Å². The van der Waals surface area contributed by atoms with Crippen LogP contribution < -0.4 is 14.8 Å². The lowest BCUT2D eigenvalue weighted by atomic mass is 9.94. The van der Waals surface area contributed by atoms with Gasteiger partial charge in [-0.25, -0.2) is 0 Å². The summed E-state index contributed by atoms with van der Waals surface area (Å²) in [7, 11) is 1.65. The van der Waals surface area contributed by atoms with Crippen LogP contribution in [0.25, 0.3) is 0 Å². The maximum atomic E-state index is 12.8. The molecule has 2 aliphatic rings. The Hall–Kier alpha value is -2.53. The second kappa shape index (κ2) is 8.65. The van der Waals surface area contributed by atoms with Crippen LogP contribution in [0.3, 0.4) is 0 Å². The van der Waals surface area contributed by atoms with Gasteiger partial charge in [0.25, 0.3) is 0 Å². The van der Waals surface area contributed by atoms with E-state index in [1.807, 2.05) is 18.2 Å². The third-order valence-corrected chi connectivity index (χ3v) is 5.73. The number of hydrogen-bond donors (Lipinski definition) is 1. The maximum absolute atomic E-state index is 12.8. The van der Waals surface area contributed by atoms with Gasteiger partial charge in [-0.2, -0.15) is 0 Å². The van der Waals surface area contributed by atoms with Gasteiger partial charge < -0.3 is 14.8 Å². The van der Waals surface area contributed by atoms with Crippen molar-refractivity contribution >= 4 is 5.91 Å². The van der Waals surface area contributed by atoms with Gasteiger partial charge in [-0.3, -0.25) is 9.69 Å². The lowest BCUT2D eigenvalue weighted by molar-refractivity contribution is -0.127. The van der Waals surface area contributed by atoms with Crippen LogP contribution in [0.4, 0.5) is 0 Å². The molecule has 5 nitrogen and oxygen atoms in total. The molecule has 1 amide bonds. The van der Waals surface area contributed by atoms with Crippen LogP contribution in [-0.4, -0.2) is 43.7 Å². The minimum Gasteiger partial charge on any atom is -0.497 e. The molecule has 2 heterocycles. The Kier molecular flexibility index (Phi) is 5.81. The maximum Gasteiger partial charge on any atom is 0.227 e. The standard InChI is InChI=1S/C23H28N2O3/c1-27-21-7-8-22-18(14-21)13-19(16-28-22)23(26)24-20-9-11-25(12-10-20)15-17-5-3-2-4-6-17/h2-8,14,19-20H,9-13,15-16H2,1H3,(H,24,26). The zero-order valence-corrected chi connectivity index (χ0v) is 16.4. The van der Waals surface area contributed by atoms with Crippen LogP contribution in [0.2, 0.25) is 0 Å². The number of benzene rings is 2. The fourth-order valence-corrected chi connectivity index (χ4v) is 4.06. The van der Waals surface area contributed by atoms with Gasteiger partial charge in [-0.15, -0.1) is 0 Å². The number of methoxy groups -OCH3 is 1. The molecule has 0 radical (unpaired) electrons. The normalized spacial score (nSPS) is 20.1. The number of carbonyl (C=O) groups excluding carboxylic acids is 1. The molecule has 0 aliphatic carbocycles. The number of rotatable bonds is 5. The molecule has 0 saturated carbocycles. The molecule has 2 aliphatic heterocycles. The van der Waals surface area contributed by atoms with Gasteiger partial charge in [0.15, 0.2) is 0 Å². The number of nitrogens with one attached hydrogen (secondary N) is 1. The van der Waals surface area contributed by atoms with Crippen LogP contribution in [0.1, 0.15) is 24.0 Å². The Morgan fingerprint density at radius 3 is 2.71 bits per heavy atom. The number of nitrogens with zero attached hydrogens (tertiary/aromatic N) is 1. The van der Waals surface area contributed by atoms with Gasteiger partial charge in [0.2, 0.25) is 5.91 Å². The van der Waals surface area contributed by atoms with E-state index in [4.69, 9.17) is 9.47 Å². The van der Waals surface area contributed by atoms with Crippen LogP contribution in [0.15, 0.2) is 48.5 Å². The van der Waals surface area contributed by atoms with E-state index in [1.165, 1.54) is 5.56 Å². The topological polar surface area (TPSA) is 50.8 Å². The second-order valence-corrected chi connectivity index (χ2v) is 7.73. The summed E-state index contributed by atoms with van der Waals surface area (Å²) in [4.78, 5) is 15.2. The quantitative estimate of drug-likeness (QED) is 0.866. The molecule has 0 spiro atoms. The SMILES string of the molecule is COc1ccc2c(c1)CC(C(=O)NC1CCN(Cc3ccccc3)CC1)CO2. The van der Waals surface area contributed by atoms with Crippen molar-refractivity contribution in [2.24, 2.45) is 5.92 Å². The molecule has 4 rings (SSSR count). The first kappa shape index (κ1) is 18.8. The summed E-state index contributed by atoms with van der Waals surface area (Å²) in [5, 5.41) is 3.26. The first-order chi connectivity index (χ1) is 13.7. The van der Waals surface area contributed by atoms with Crippen LogP contribution in [-0.2, 0) is 17.8 Å². The fraction of sp³-hybridized carbons (Fsp3) is 0.435. The van der Waals surface area contributed by atoms with Crippen molar-refractivity contribution in [3.63, 3.8) is 0 Å². The highest BCUT2D eigenvalue weighted by atomic mass is 16.5. The molecular formula is C23H28N2O3. The molecular weight excluding hydrogens is 352 g/mol. The van der Waals surface area contributed by atoms with Crippen LogP contribution >= 0.6 is 0 Å². The molecule has 148 valence electrons. The van der Waals surface area contributed by atoms with E-state index >= 15 is 0 Å². The monoisotopic (exact) mass is 380 g/mol. The molecule has 0 bridgehead atoms. The predicted molar refractivity (Wildman–Crippen MR) is 109 cm³/mol. The third-order valence-electron chi connectivity index (χ3n) is 5.73. The highest BCUT2D eigenvalue weighted by Gasteiger charge is 2.29. The molecule has 1 fully saturated rings. The lowest BCUT2D eigenvalue weighted by Gasteiger charge is -2.33. The number of carbonyl (C=O) groups is 1. The molecule has 0 aromatic heterocycles. The summed E-state index contributed by atoms with van der Waals surface area (Å²) in [5.74, 6) is 1.63. The molecule has 1 N–H and O–H groups in total. The summed E-state index contributed by atoms with van der Waals surface area (Å²) < 4.78 is 11.1. The minimum atomic E-state index is -0.137. The third kappa shape index (κ3) is 4.47. The van der Waals surface area contributed by atoms with Gasteiger partial charge >= 0.3 is 0 Å².